The van der Waals surface area contributed by atoms with Gasteiger partial charge in [-0.05, 0) is 71.9 Å². The Morgan fingerprint density at radius 1 is 1.13 bits per heavy atom. The molecule has 0 atom stereocenters. The quantitative estimate of drug-likeness (QED) is 0.535. The van der Waals surface area contributed by atoms with Crippen molar-refractivity contribution >= 4 is 29.1 Å². The van der Waals surface area contributed by atoms with Gasteiger partial charge in [0.05, 0.1) is 11.4 Å². The van der Waals surface area contributed by atoms with Gasteiger partial charge in [-0.2, -0.15) is 0 Å². The minimum Gasteiger partial charge on any atom is -0.444 e. The molecule has 2 saturated heterocycles. The highest BCUT2D eigenvalue weighted by atomic mass is 16.6. The molecule has 2 heterocycles. The molecule has 0 aliphatic carbocycles. The first kappa shape index (κ1) is 23.1. The van der Waals surface area contributed by atoms with Gasteiger partial charge < -0.3 is 36.2 Å². The van der Waals surface area contributed by atoms with Gasteiger partial charge in [0, 0.05) is 31.9 Å². The fraction of sp³-hybridized carbons (Fsp3) is 0.636. The first-order valence-corrected chi connectivity index (χ1v) is 10.9. The standard InChI is InChI=1S/C22H36N6O3/c1-21(2,3)31-20(30)26-22(7-9-24-10-8-22)19(29)25-18-6-5-16(15-17(18)23)28-13-11-27(4)12-14-28/h5-6,15,24H,7-14,23H2,1-4H3,(H,25,29)(H,26,30). The van der Waals surface area contributed by atoms with Crippen LogP contribution in [-0.2, 0) is 9.53 Å². The molecule has 9 heteroatoms. The zero-order valence-corrected chi connectivity index (χ0v) is 19.1. The molecule has 2 aliphatic heterocycles. The Balaban J connectivity index is 1.71. The molecule has 0 aromatic heterocycles. The first-order chi connectivity index (χ1) is 14.6. The Kier molecular flexibility index (Phi) is 6.96. The summed E-state index contributed by atoms with van der Waals surface area (Å²) in [6, 6.07) is 5.72. The molecule has 1 aromatic carbocycles. The topological polar surface area (TPSA) is 112 Å². The summed E-state index contributed by atoms with van der Waals surface area (Å²) >= 11 is 0. The van der Waals surface area contributed by atoms with E-state index in [1.54, 1.807) is 20.8 Å². The maximum Gasteiger partial charge on any atom is 0.408 e. The lowest BCUT2D eigenvalue weighted by molar-refractivity contribution is -0.123. The van der Waals surface area contributed by atoms with Crippen LogP contribution in [0.3, 0.4) is 0 Å². The minimum absolute atomic E-state index is 0.279. The molecule has 3 rings (SSSR count). The average molecular weight is 433 g/mol. The Bertz CT molecular complexity index is 793. The van der Waals surface area contributed by atoms with Crippen LogP contribution in [0.5, 0.6) is 0 Å². The summed E-state index contributed by atoms with van der Waals surface area (Å²) in [6.07, 6.45) is 0.345. The van der Waals surface area contributed by atoms with Gasteiger partial charge in [0.1, 0.15) is 11.1 Å². The largest absolute Gasteiger partial charge is 0.444 e. The highest BCUT2D eigenvalue weighted by Crippen LogP contribution is 2.28. The minimum atomic E-state index is -1.05. The summed E-state index contributed by atoms with van der Waals surface area (Å²) in [6.45, 7) is 10.5. The molecule has 9 nitrogen and oxygen atoms in total. The van der Waals surface area contributed by atoms with Crippen LogP contribution in [0.1, 0.15) is 33.6 Å². The van der Waals surface area contributed by atoms with Crippen LogP contribution in [0.4, 0.5) is 21.9 Å². The normalized spacial score (nSPS) is 19.5. The summed E-state index contributed by atoms with van der Waals surface area (Å²) in [7, 11) is 2.12. The lowest BCUT2D eigenvalue weighted by atomic mass is 9.87. The van der Waals surface area contributed by atoms with E-state index < -0.39 is 17.2 Å². The number of carbonyl (C=O) groups excluding carboxylic acids is 2. The SMILES string of the molecule is CN1CCN(c2ccc(NC(=O)C3(NC(=O)OC(C)(C)C)CCNCC3)c(N)c2)CC1. The number of nitrogens with zero attached hydrogens (tertiary/aromatic N) is 2. The number of alkyl carbamates (subject to hydrolysis) is 1. The molecule has 0 spiro atoms. The van der Waals surface area contributed by atoms with Gasteiger partial charge in [-0.3, -0.25) is 4.79 Å². The molecule has 0 bridgehead atoms. The summed E-state index contributed by atoms with van der Waals surface area (Å²) in [5, 5.41) is 9.00. The lowest BCUT2D eigenvalue weighted by Crippen LogP contribution is -2.61. The number of piperidine rings is 1. The number of amides is 2. The van der Waals surface area contributed by atoms with E-state index in [4.69, 9.17) is 10.5 Å². The Morgan fingerprint density at radius 3 is 2.35 bits per heavy atom. The van der Waals surface area contributed by atoms with E-state index in [1.807, 2.05) is 18.2 Å². The summed E-state index contributed by atoms with van der Waals surface area (Å²) in [5.74, 6) is -0.279. The lowest BCUT2D eigenvalue weighted by Gasteiger charge is -2.37. The van der Waals surface area contributed by atoms with Crippen molar-refractivity contribution in [1.82, 2.24) is 15.5 Å². The summed E-state index contributed by atoms with van der Waals surface area (Å²) in [5.41, 5.74) is 6.70. The summed E-state index contributed by atoms with van der Waals surface area (Å²) < 4.78 is 5.40. The third kappa shape index (κ3) is 6.01. The maximum atomic E-state index is 13.3. The number of hydrogen-bond donors (Lipinski definition) is 4. The molecule has 0 unspecified atom stereocenters. The number of carbonyl (C=O) groups is 2. The third-order valence-electron chi connectivity index (χ3n) is 5.78. The van der Waals surface area contributed by atoms with Crippen molar-refractivity contribution in [2.45, 2.75) is 44.8 Å². The number of hydrogen-bond acceptors (Lipinski definition) is 7. The van der Waals surface area contributed by atoms with Gasteiger partial charge in [-0.15, -0.1) is 0 Å². The molecule has 0 radical (unpaired) electrons. The number of ether oxygens (including phenoxy) is 1. The predicted molar refractivity (Wildman–Crippen MR) is 123 cm³/mol. The molecule has 172 valence electrons. The second-order valence-electron chi connectivity index (χ2n) is 9.48. The fourth-order valence-corrected chi connectivity index (χ4v) is 3.93. The van der Waals surface area contributed by atoms with Crippen molar-refractivity contribution in [1.29, 1.82) is 0 Å². The maximum absolute atomic E-state index is 13.3. The van der Waals surface area contributed by atoms with Gasteiger partial charge in [-0.1, -0.05) is 0 Å². The monoisotopic (exact) mass is 432 g/mol. The first-order valence-electron chi connectivity index (χ1n) is 10.9. The van der Waals surface area contributed by atoms with Crippen molar-refractivity contribution in [3.8, 4) is 0 Å². The van der Waals surface area contributed by atoms with Crippen LogP contribution in [0, 0.1) is 0 Å². The van der Waals surface area contributed by atoms with Crippen molar-refractivity contribution in [3.05, 3.63) is 18.2 Å². The molecule has 5 N–H and O–H groups in total. The Morgan fingerprint density at radius 2 is 1.77 bits per heavy atom. The van der Waals surface area contributed by atoms with Crippen molar-refractivity contribution in [2.75, 3.05) is 62.3 Å². The van der Waals surface area contributed by atoms with E-state index in [0.29, 0.717) is 37.3 Å². The van der Waals surface area contributed by atoms with Crippen LogP contribution >= 0.6 is 0 Å². The van der Waals surface area contributed by atoms with E-state index in [9.17, 15) is 9.59 Å². The number of nitrogen functional groups attached to an aromatic ring is 1. The number of anilines is 3. The van der Waals surface area contributed by atoms with Crippen molar-refractivity contribution < 1.29 is 14.3 Å². The highest BCUT2D eigenvalue weighted by molar-refractivity contribution is 6.02. The molecule has 2 fully saturated rings. The third-order valence-corrected chi connectivity index (χ3v) is 5.78. The number of piperazine rings is 1. The molecule has 0 saturated carbocycles. The molecule has 1 aromatic rings. The molecular weight excluding hydrogens is 396 g/mol. The van der Waals surface area contributed by atoms with Gasteiger partial charge >= 0.3 is 6.09 Å². The van der Waals surface area contributed by atoms with Gasteiger partial charge in [0.25, 0.3) is 0 Å². The highest BCUT2D eigenvalue weighted by Gasteiger charge is 2.42. The van der Waals surface area contributed by atoms with Crippen LogP contribution in [0.15, 0.2) is 18.2 Å². The van der Waals surface area contributed by atoms with Gasteiger partial charge in [0.15, 0.2) is 0 Å². The van der Waals surface area contributed by atoms with E-state index >= 15 is 0 Å². The molecule has 2 amide bonds. The van der Waals surface area contributed by atoms with E-state index in [2.05, 4.69) is 32.8 Å². The molecule has 2 aliphatic rings. The predicted octanol–water partition coefficient (Wildman–Crippen LogP) is 1.61. The van der Waals surface area contributed by atoms with E-state index in [-0.39, 0.29) is 5.91 Å². The van der Waals surface area contributed by atoms with Gasteiger partial charge in [-0.25, -0.2) is 4.79 Å². The second kappa shape index (κ2) is 9.32. The molecule has 31 heavy (non-hydrogen) atoms. The van der Waals surface area contributed by atoms with Crippen molar-refractivity contribution in [3.63, 3.8) is 0 Å². The van der Waals surface area contributed by atoms with E-state index in [0.717, 1.165) is 31.9 Å². The van der Waals surface area contributed by atoms with Crippen molar-refractivity contribution in [2.24, 2.45) is 0 Å². The Labute approximate surface area is 184 Å². The number of nitrogens with two attached hydrogens (primary N) is 1. The van der Waals surface area contributed by atoms with Crippen LogP contribution in [-0.4, -0.2) is 74.4 Å². The number of rotatable bonds is 4. The van der Waals surface area contributed by atoms with Gasteiger partial charge in [0.2, 0.25) is 5.91 Å². The Hall–Kier alpha value is -2.52. The van der Waals surface area contributed by atoms with Crippen LogP contribution < -0.4 is 26.6 Å². The zero-order valence-electron chi connectivity index (χ0n) is 19.1. The number of benzene rings is 1. The summed E-state index contributed by atoms with van der Waals surface area (Å²) in [4.78, 5) is 30.3. The zero-order chi connectivity index (χ0) is 22.6. The fourth-order valence-electron chi connectivity index (χ4n) is 3.93. The average Bonchev–Trinajstić information content (AvgIpc) is 2.69. The number of nitrogens with one attached hydrogen (secondary N) is 3. The second-order valence-corrected chi connectivity index (χ2v) is 9.48. The smallest absolute Gasteiger partial charge is 0.408 e. The van der Waals surface area contributed by atoms with Crippen LogP contribution in [0.25, 0.3) is 0 Å². The molecular formula is C22H36N6O3. The number of likely N-dealkylation sites (N-methyl/N-ethyl adjacent to an activating group) is 1. The van der Waals surface area contributed by atoms with Crippen LogP contribution in [0.2, 0.25) is 0 Å². The van der Waals surface area contributed by atoms with E-state index in [1.165, 1.54) is 0 Å².